The Morgan fingerprint density at radius 2 is 2.06 bits per heavy atom. The molecule has 0 aliphatic heterocycles. The van der Waals surface area contributed by atoms with Gasteiger partial charge >= 0.3 is 0 Å². The number of anilines is 2. The van der Waals surface area contributed by atoms with Gasteiger partial charge in [-0.25, -0.2) is 9.97 Å². The third-order valence-electron chi connectivity index (χ3n) is 2.51. The molecule has 0 unspecified atom stereocenters. The molecule has 0 N–H and O–H groups in total. The first-order valence-electron chi connectivity index (χ1n) is 5.35. The summed E-state index contributed by atoms with van der Waals surface area (Å²) >= 11 is 5.69. The first-order valence-corrected chi connectivity index (χ1v) is 5.89. The zero-order valence-electron chi connectivity index (χ0n) is 9.84. The van der Waals surface area contributed by atoms with Crippen LogP contribution in [-0.4, -0.2) is 17.0 Å². The Bertz CT molecular complexity index is 574. The van der Waals surface area contributed by atoms with Crippen LogP contribution in [0.2, 0.25) is 0 Å². The van der Waals surface area contributed by atoms with E-state index in [1.165, 1.54) is 0 Å². The van der Waals surface area contributed by atoms with Crippen LogP contribution >= 0.6 is 11.6 Å². The Kier molecular flexibility index (Phi) is 3.75. The fourth-order valence-electron chi connectivity index (χ4n) is 1.49. The van der Waals surface area contributed by atoms with Crippen molar-refractivity contribution in [1.29, 1.82) is 5.26 Å². The van der Waals surface area contributed by atoms with Gasteiger partial charge in [-0.1, -0.05) is 6.07 Å². The van der Waals surface area contributed by atoms with Gasteiger partial charge in [0.2, 0.25) is 5.95 Å². The summed E-state index contributed by atoms with van der Waals surface area (Å²) in [5, 5.41) is 8.87. The molecule has 0 fully saturated rings. The van der Waals surface area contributed by atoms with Gasteiger partial charge in [-0.05, 0) is 18.2 Å². The third-order valence-corrected chi connectivity index (χ3v) is 2.82. The van der Waals surface area contributed by atoms with Crippen LogP contribution in [0.15, 0.2) is 36.7 Å². The highest BCUT2D eigenvalue weighted by molar-refractivity contribution is 6.17. The summed E-state index contributed by atoms with van der Waals surface area (Å²) in [6.07, 6.45) is 3.39. The number of rotatable bonds is 3. The number of hydrogen-bond acceptors (Lipinski definition) is 4. The lowest BCUT2D eigenvalue weighted by atomic mass is 10.2. The summed E-state index contributed by atoms with van der Waals surface area (Å²) in [5.41, 5.74) is 2.35. The van der Waals surface area contributed by atoms with Crippen LogP contribution in [0.4, 0.5) is 11.6 Å². The largest absolute Gasteiger partial charge is 0.314 e. The van der Waals surface area contributed by atoms with Crippen LogP contribution in [-0.2, 0) is 5.88 Å². The van der Waals surface area contributed by atoms with Crippen LogP contribution in [0.25, 0.3) is 0 Å². The van der Waals surface area contributed by atoms with Gasteiger partial charge in [0.25, 0.3) is 0 Å². The molecule has 0 saturated carbocycles. The lowest BCUT2D eigenvalue weighted by molar-refractivity contribution is 1.02. The minimum absolute atomic E-state index is 0.397. The Balaban J connectivity index is 2.29. The van der Waals surface area contributed by atoms with Gasteiger partial charge in [-0.2, -0.15) is 5.26 Å². The van der Waals surface area contributed by atoms with Gasteiger partial charge in [0, 0.05) is 30.7 Å². The molecule has 1 aromatic heterocycles. The van der Waals surface area contributed by atoms with E-state index in [9.17, 15) is 0 Å². The standard InChI is InChI=1S/C13H11ClN4/c1-18(12-4-2-3-10(5-12)7-15)13-16-8-11(6-14)9-17-13/h2-5,8-9H,6H2,1H3. The van der Waals surface area contributed by atoms with E-state index < -0.39 is 0 Å². The molecular formula is C13H11ClN4. The lowest BCUT2D eigenvalue weighted by Crippen LogP contribution is -2.13. The van der Waals surface area contributed by atoms with E-state index in [0.29, 0.717) is 17.4 Å². The molecule has 5 heteroatoms. The molecule has 2 rings (SSSR count). The third kappa shape index (κ3) is 2.58. The van der Waals surface area contributed by atoms with Crippen LogP contribution in [0.3, 0.4) is 0 Å². The topological polar surface area (TPSA) is 52.8 Å². The van der Waals surface area contributed by atoms with Crippen molar-refractivity contribution in [3.8, 4) is 6.07 Å². The average molecular weight is 259 g/mol. The van der Waals surface area contributed by atoms with E-state index >= 15 is 0 Å². The Morgan fingerprint density at radius 1 is 1.33 bits per heavy atom. The van der Waals surface area contributed by atoms with Crippen molar-refractivity contribution in [3.63, 3.8) is 0 Å². The van der Waals surface area contributed by atoms with Crippen molar-refractivity contribution < 1.29 is 0 Å². The molecule has 0 amide bonds. The maximum atomic E-state index is 8.87. The predicted molar refractivity (Wildman–Crippen MR) is 70.8 cm³/mol. The SMILES string of the molecule is CN(c1cccc(C#N)c1)c1ncc(CCl)cn1. The summed E-state index contributed by atoms with van der Waals surface area (Å²) < 4.78 is 0. The highest BCUT2D eigenvalue weighted by Gasteiger charge is 2.07. The number of halogens is 1. The number of nitriles is 1. The molecule has 1 heterocycles. The van der Waals surface area contributed by atoms with Gasteiger partial charge in [0.05, 0.1) is 17.5 Å². The molecule has 0 spiro atoms. The average Bonchev–Trinajstić information content (AvgIpc) is 2.46. The van der Waals surface area contributed by atoms with Crippen molar-refractivity contribution in [1.82, 2.24) is 9.97 Å². The number of benzene rings is 1. The van der Waals surface area contributed by atoms with E-state index in [0.717, 1.165) is 11.3 Å². The summed E-state index contributed by atoms with van der Waals surface area (Å²) in [7, 11) is 1.85. The molecule has 0 saturated heterocycles. The fourth-order valence-corrected chi connectivity index (χ4v) is 1.63. The number of alkyl halides is 1. The fraction of sp³-hybridized carbons (Fsp3) is 0.154. The maximum Gasteiger partial charge on any atom is 0.229 e. The molecule has 0 bridgehead atoms. The molecule has 90 valence electrons. The zero-order chi connectivity index (χ0) is 13.0. The normalized spacial score (nSPS) is 9.83. The Labute approximate surface area is 110 Å². The second-order valence-electron chi connectivity index (χ2n) is 3.75. The van der Waals surface area contributed by atoms with E-state index in [-0.39, 0.29) is 0 Å². The lowest BCUT2D eigenvalue weighted by Gasteiger charge is -2.17. The highest BCUT2D eigenvalue weighted by atomic mass is 35.5. The van der Waals surface area contributed by atoms with Crippen molar-refractivity contribution >= 4 is 23.2 Å². The van der Waals surface area contributed by atoms with Crippen LogP contribution in [0, 0.1) is 11.3 Å². The summed E-state index contributed by atoms with van der Waals surface area (Å²) in [6, 6.07) is 9.39. The quantitative estimate of drug-likeness (QED) is 0.795. The van der Waals surface area contributed by atoms with Gasteiger partial charge < -0.3 is 4.90 Å². The second-order valence-corrected chi connectivity index (χ2v) is 4.01. The molecule has 0 aliphatic carbocycles. The zero-order valence-corrected chi connectivity index (χ0v) is 10.6. The van der Waals surface area contributed by atoms with Crippen LogP contribution in [0.1, 0.15) is 11.1 Å². The minimum Gasteiger partial charge on any atom is -0.314 e. The van der Waals surface area contributed by atoms with Crippen molar-refractivity contribution in [2.75, 3.05) is 11.9 Å². The van der Waals surface area contributed by atoms with Gasteiger partial charge in [-0.15, -0.1) is 11.6 Å². The predicted octanol–water partition coefficient (Wildman–Crippen LogP) is 2.85. The Morgan fingerprint density at radius 3 is 2.67 bits per heavy atom. The maximum absolute atomic E-state index is 8.87. The highest BCUT2D eigenvalue weighted by Crippen LogP contribution is 2.20. The molecule has 0 radical (unpaired) electrons. The van der Waals surface area contributed by atoms with Crippen molar-refractivity contribution in [2.24, 2.45) is 0 Å². The first-order chi connectivity index (χ1) is 8.74. The van der Waals surface area contributed by atoms with Gasteiger partial charge in [0.15, 0.2) is 0 Å². The molecule has 1 aromatic carbocycles. The summed E-state index contributed by atoms with van der Waals surface area (Å²) in [6.45, 7) is 0. The summed E-state index contributed by atoms with van der Waals surface area (Å²) in [5.74, 6) is 0.965. The number of hydrogen-bond donors (Lipinski definition) is 0. The van der Waals surface area contributed by atoms with Crippen molar-refractivity contribution in [3.05, 3.63) is 47.8 Å². The number of nitrogens with zero attached hydrogens (tertiary/aromatic N) is 4. The molecule has 18 heavy (non-hydrogen) atoms. The molecular weight excluding hydrogens is 248 g/mol. The second kappa shape index (κ2) is 5.48. The van der Waals surface area contributed by atoms with Crippen LogP contribution < -0.4 is 4.90 Å². The molecule has 0 atom stereocenters. The van der Waals surface area contributed by atoms with Crippen molar-refractivity contribution in [2.45, 2.75) is 5.88 Å². The first kappa shape index (κ1) is 12.3. The Hall–Kier alpha value is -2.12. The van der Waals surface area contributed by atoms with E-state index in [1.807, 2.05) is 24.1 Å². The van der Waals surface area contributed by atoms with Gasteiger partial charge in [-0.3, -0.25) is 0 Å². The molecule has 0 aliphatic rings. The minimum atomic E-state index is 0.397. The van der Waals surface area contributed by atoms with E-state index in [2.05, 4.69) is 16.0 Å². The van der Waals surface area contributed by atoms with Gasteiger partial charge in [0.1, 0.15) is 0 Å². The number of aromatic nitrogens is 2. The van der Waals surface area contributed by atoms with Crippen LogP contribution in [0.5, 0.6) is 0 Å². The van der Waals surface area contributed by atoms with E-state index in [4.69, 9.17) is 16.9 Å². The summed E-state index contributed by atoms with van der Waals surface area (Å²) in [4.78, 5) is 10.3. The molecule has 4 nitrogen and oxygen atoms in total. The monoisotopic (exact) mass is 258 g/mol. The smallest absolute Gasteiger partial charge is 0.229 e. The molecule has 2 aromatic rings. The van der Waals surface area contributed by atoms with E-state index in [1.54, 1.807) is 24.5 Å².